The molecule has 0 aliphatic carbocycles. The molecule has 2 aliphatic rings. The van der Waals surface area contributed by atoms with Crippen LogP contribution in [0.4, 0.5) is 5.00 Å². The number of nitrogens with zero attached hydrogens (tertiary/aromatic N) is 4. The summed E-state index contributed by atoms with van der Waals surface area (Å²) in [7, 11) is 1.65. The number of amides is 3. The number of para-hydroxylation sites is 2. The molecule has 0 N–H and O–H groups in total. The van der Waals surface area contributed by atoms with E-state index in [1.54, 1.807) is 29.0 Å². The van der Waals surface area contributed by atoms with Gasteiger partial charge >= 0.3 is 5.91 Å². The highest BCUT2D eigenvalue weighted by molar-refractivity contribution is 7.17. The normalized spacial score (nSPS) is 16.7. The summed E-state index contributed by atoms with van der Waals surface area (Å²) in [4.78, 5) is 48.6. The van der Waals surface area contributed by atoms with E-state index in [0.717, 1.165) is 10.4 Å². The Morgan fingerprint density at radius 3 is 2.80 bits per heavy atom. The summed E-state index contributed by atoms with van der Waals surface area (Å²) in [5.41, 5.74) is 2.78. The Hall–Kier alpha value is -3.20. The molecule has 0 spiro atoms. The first-order chi connectivity index (χ1) is 14.5. The van der Waals surface area contributed by atoms with Crippen LogP contribution in [0.2, 0.25) is 0 Å². The van der Waals surface area contributed by atoms with Crippen molar-refractivity contribution in [1.82, 2.24) is 14.8 Å². The van der Waals surface area contributed by atoms with Crippen molar-refractivity contribution in [2.75, 3.05) is 31.6 Å². The van der Waals surface area contributed by atoms with Gasteiger partial charge in [0.1, 0.15) is 17.1 Å². The highest BCUT2D eigenvalue weighted by atomic mass is 32.1. The van der Waals surface area contributed by atoms with E-state index < -0.39 is 0 Å². The Labute approximate surface area is 176 Å². The van der Waals surface area contributed by atoms with E-state index in [1.807, 2.05) is 19.1 Å². The quantitative estimate of drug-likeness (QED) is 0.631. The second kappa shape index (κ2) is 6.94. The average molecular weight is 424 g/mol. The Bertz CT molecular complexity index is 1160. The summed E-state index contributed by atoms with van der Waals surface area (Å²) < 4.78 is 5.64. The lowest BCUT2D eigenvalue weighted by Crippen LogP contribution is -2.38. The summed E-state index contributed by atoms with van der Waals surface area (Å²) in [5.74, 6) is -0.429. The molecule has 0 fully saturated rings. The lowest BCUT2D eigenvalue weighted by atomic mass is 10.0. The fraction of sp³-hybridized carbons (Fsp3) is 0.333. The van der Waals surface area contributed by atoms with Gasteiger partial charge < -0.3 is 19.1 Å². The second-order valence-corrected chi connectivity index (χ2v) is 8.53. The smallest absolute Gasteiger partial charge is 0.310 e. The molecule has 2 aliphatic heterocycles. The van der Waals surface area contributed by atoms with Gasteiger partial charge in [-0.15, -0.1) is 11.3 Å². The lowest BCUT2D eigenvalue weighted by Gasteiger charge is -2.26. The van der Waals surface area contributed by atoms with Crippen LogP contribution in [0.15, 0.2) is 28.7 Å². The Morgan fingerprint density at radius 2 is 2.03 bits per heavy atom. The molecule has 0 saturated carbocycles. The van der Waals surface area contributed by atoms with E-state index in [0.29, 0.717) is 47.7 Å². The van der Waals surface area contributed by atoms with Gasteiger partial charge in [-0.05, 0) is 31.0 Å². The van der Waals surface area contributed by atoms with Crippen LogP contribution in [0.3, 0.4) is 0 Å². The number of hydrogen-bond acceptors (Lipinski definition) is 6. The zero-order chi connectivity index (χ0) is 21.0. The van der Waals surface area contributed by atoms with Gasteiger partial charge in [0.15, 0.2) is 5.58 Å². The molecular formula is C21H20N4O4S. The minimum atomic E-state index is -0.271. The molecule has 9 heteroatoms. The van der Waals surface area contributed by atoms with E-state index in [-0.39, 0.29) is 30.2 Å². The monoisotopic (exact) mass is 424 g/mol. The minimum absolute atomic E-state index is 0.0685. The van der Waals surface area contributed by atoms with Crippen LogP contribution in [0, 0.1) is 0 Å². The van der Waals surface area contributed by atoms with E-state index in [2.05, 4.69) is 4.98 Å². The number of likely N-dealkylation sites (N-methyl/N-ethyl adjacent to an activating group) is 2. The number of anilines is 1. The number of oxazole rings is 1. The molecule has 0 radical (unpaired) electrons. The molecule has 4 heterocycles. The van der Waals surface area contributed by atoms with Crippen LogP contribution < -0.4 is 4.90 Å². The molecule has 0 unspecified atom stereocenters. The molecule has 1 aromatic carbocycles. The van der Waals surface area contributed by atoms with E-state index in [4.69, 9.17) is 4.42 Å². The summed E-state index contributed by atoms with van der Waals surface area (Å²) in [6, 6.07) is 7.27. The van der Waals surface area contributed by atoms with Crippen LogP contribution in [-0.4, -0.2) is 59.2 Å². The van der Waals surface area contributed by atoms with Crippen molar-refractivity contribution in [3.05, 3.63) is 46.2 Å². The van der Waals surface area contributed by atoms with Crippen LogP contribution in [0.1, 0.15) is 38.4 Å². The van der Waals surface area contributed by atoms with Gasteiger partial charge in [0, 0.05) is 25.0 Å². The molecule has 0 saturated heterocycles. The molecule has 5 rings (SSSR count). The largest absolute Gasteiger partial charge is 0.432 e. The van der Waals surface area contributed by atoms with Crippen molar-refractivity contribution < 1.29 is 18.8 Å². The van der Waals surface area contributed by atoms with Gasteiger partial charge in [-0.3, -0.25) is 14.4 Å². The third kappa shape index (κ3) is 2.80. The highest BCUT2D eigenvalue weighted by Crippen LogP contribution is 2.41. The maximum atomic E-state index is 13.0. The lowest BCUT2D eigenvalue weighted by molar-refractivity contribution is -0.118. The van der Waals surface area contributed by atoms with Gasteiger partial charge in [-0.25, -0.2) is 4.98 Å². The van der Waals surface area contributed by atoms with Gasteiger partial charge in [0.2, 0.25) is 5.91 Å². The zero-order valence-corrected chi connectivity index (χ0v) is 17.5. The molecule has 8 nitrogen and oxygen atoms in total. The number of aromatic nitrogens is 1. The highest BCUT2D eigenvalue weighted by Gasteiger charge is 2.37. The number of carbonyl (C=O) groups is 3. The van der Waals surface area contributed by atoms with E-state index in [9.17, 15) is 14.4 Å². The topological polar surface area (TPSA) is 87.0 Å². The fourth-order valence-electron chi connectivity index (χ4n) is 4.06. The molecule has 3 aromatic rings. The number of carbonyl (C=O) groups excluding carboxylic acids is 3. The Balaban J connectivity index is 1.49. The standard InChI is InChI=1S/C21H20N4O4S/c1-3-25-16(26)11-23(2)19(27)17-12-8-9-24(10-15(12)30-21(17)25)20(28)18-22-13-6-4-5-7-14(13)29-18/h4-7H,3,8-11H2,1-2H3. The van der Waals surface area contributed by atoms with Gasteiger partial charge in [0.25, 0.3) is 11.8 Å². The van der Waals surface area contributed by atoms with Crippen LogP contribution >= 0.6 is 11.3 Å². The maximum Gasteiger partial charge on any atom is 0.310 e. The molecule has 154 valence electrons. The average Bonchev–Trinajstić information content (AvgIpc) is 3.32. The third-order valence-electron chi connectivity index (χ3n) is 5.60. The molecule has 0 atom stereocenters. The third-order valence-corrected chi connectivity index (χ3v) is 6.84. The van der Waals surface area contributed by atoms with Gasteiger partial charge in [-0.1, -0.05) is 12.1 Å². The van der Waals surface area contributed by atoms with E-state index >= 15 is 0 Å². The summed E-state index contributed by atoms with van der Waals surface area (Å²) in [6.07, 6.45) is 0.554. The summed E-state index contributed by atoms with van der Waals surface area (Å²) >= 11 is 1.43. The maximum absolute atomic E-state index is 13.0. The number of rotatable bonds is 2. The van der Waals surface area contributed by atoms with Crippen molar-refractivity contribution in [1.29, 1.82) is 0 Å². The van der Waals surface area contributed by atoms with Gasteiger partial charge in [0.05, 0.1) is 12.1 Å². The first-order valence-electron chi connectivity index (χ1n) is 9.83. The second-order valence-electron chi connectivity index (χ2n) is 7.45. The Kier molecular flexibility index (Phi) is 4.35. The molecule has 2 aromatic heterocycles. The number of hydrogen-bond donors (Lipinski definition) is 0. The molecular weight excluding hydrogens is 404 g/mol. The van der Waals surface area contributed by atoms with Crippen molar-refractivity contribution >= 4 is 45.2 Å². The van der Waals surface area contributed by atoms with Crippen molar-refractivity contribution in [2.45, 2.75) is 19.9 Å². The summed E-state index contributed by atoms with van der Waals surface area (Å²) in [5, 5.41) is 0.693. The van der Waals surface area contributed by atoms with E-state index in [1.165, 1.54) is 16.2 Å². The SMILES string of the molecule is CCN1C(=O)CN(C)C(=O)c2c1sc1c2CCN(C(=O)c2nc3ccccc3o2)C1. The zero-order valence-electron chi connectivity index (χ0n) is 16.7. The van der Waals surface area contributed by atoms with Crippen LogP contribution in [0.5, 0.6) is 0 Å². The first kappa shape index (κ1) is 18.8. The number of benzene rings is 1. The fourth-order valence-corrected chi connectivity index (χ4v) is 5.49. The number of fused-ring (bicyclic) bond motifs is 4. The Morgan fingerprint density at radius 1 is 1.23 bits per heavy atom. The first-order valence-corrected chi connectivity index (χ1v) is 10.6. The van der Waals surface area contributed by atoms with Crippen molar-refractivity contribution in [3.63, 3.8) is 0 Å². The molecule has 30 heavy (non-hydrogen) atoms. The minimum Gasteiger partial charge on any atom is -0.432 e. The van der Waals surface area contributed by atoms with Crippen LogP contribution in [-0.2, 0) is 17.8 Å². The van der Waals surface area contributed by atoms with Gasteiger partial charge in [-0.2, -0.15) is 0 Å². The summed E-state index contributed by atoms with van der Waals surface area (Å²) in [6.45, 7) is 3.31. The van der Waals surface area contributed by atoms with Crippen molar-refractivity contribution in [2.24, 2.45) is 0 Å². The predicted octanol–water partition coefficient (Wildman–Crippen LogP) is 2.53. The van der Waals surface area contributed by atoms with Crippen molar-refractivity contribution in [3.8, 4) is 0 Å². The molecule has 3 amide bonds. The molecule has 0 bridgehead atoms. The van der Waals surface area contributed by atoms with Crippen LogP contribution in [0.25, 0.3) is 11.1 Å². The number of thiophene rings is 1. The predicted molar refractivity (Wildman–Crippen MR) is 112 cm³/mol.